The fourth-order valence-corrected chi connectivity index (χ4v) is 5.26. The van der Waals surface area contributed by atoms with Gasteiger partial charge in [-0.15, -0.1) is 0 Å². The summed E-state index contributed by atoms with van der Waals surface area (Å²) >= 11 is 0. The van der Waals surface area contributed by atoms with Crippen molar-refractivity contribution in [2.45, 2.75) is 50.6 Å². The maximum atomic E-state index is 12.4. The summed E-state index contributed by atoms with van der Waals surface area (Å²) in [6.45, 7) is 4.34. The van der Waals surface area contributed by atoms with Crippen LogP contribution in [0, 0.1) is 0 Å². The van der Waals surface area contributed by atoms with Crippen molar-refractivity contribution in [3.05, 3.63) is 54.4 Å². The number of nitrogens with one attached hydrogen (secondary N) is 2. The highest BCUT2D eigenvalue weighted by Gasteiger charge is 2.19. The molecule has 0 spiro atoms. The number of aromatic nitrogens is 2. The predicted molar refractivity (Wildman–Crippen MR) is 146 cm³/mol. The Bertz CT molecular complexity index is 1160. The van der Waals surface area contributed by atoms with Crippen LogP contribution in [0.2, 0.25) is 0 Å². The fourth-order valence-electron chi connectivity index (χ4n) is 5.26. The lowest BCUT2D eigenvalue weighted by Crippen LogP contribution is -2.43. The highest BCUT2D eigenvalue weighted by molar-refractivity contribution is 5.93. The van der Waals surface area contributed by atoms with Gasteiger partial charge in [-0.25, -0.2) is 4.98 Å². The van der Waals surface area contributed by atoms with E-state index in [2.05, 4.69) is 69.8 Å². The number of nitrogens with zero attached hydrogens (tertiary/aromatic N) is 4. The number of carbonyl (C=O) groups is 1. The number of rotatable bonds is 7. The third kappa shape index (κ3) is 6.20. The van der Waals surface area contributed by atoms with Crippen LogP contribution in [0.1, 0.15) is 37.7 Å². The Morgan fingerprint density at radius 2 is 1.61 bits per heavy atom. The second-order valence-corrected chi connectivity index (χ2v) is 10.5. The molecule has 2 aromatic heterocycles. The number of hydrogen-bond donors (Lipinski definition) is 2. The molecule has 2 fully saturated rings. The minimum absolute atomic E-state index is 0.156. The Kier molecular flexibility index (Phi) is 7.78. The minimum Gasteiger partial charge on any atom is -0.382 e. The first-order valence-electron chi connectivity index (χ1n) is 13.3. The maximum Gasteiger partial charge on any atom is 0.220 e. The van der Waals surface area contributed by atoms with Crippen LogP contribution in [-0.4, -0.2) is 78.0 Å². The topological polar surface area (TPSA) is 73.4 Å². The van der Waals surface area contributed by atoms with E-state index in [1.54, 1.807) is 6.20 Å². The monoisotopic (exact) mass is 486 g/mol. The number of amides is 1. The molecule has 7 nitrogen and oxygen atoms in total. The Morgan fingerprint density at radius 3 is 2.31 bits per heavy atom. The third-order valence-corrected chi connectivity index (χ3v) is 7.66. The number of likely N-dealkylation sites (tertiary alicyclic amines) is 2. The second kappa shape index (κ2) is 11.4. The number of benzene rings is 1. The van der Waals surface area contributed by atoms with Crippen molar-refractivity contribution >= 4 is 22.5 Å². The van der Waals surface area contributed by atoms with Gasteiger partial charge in [0.15, 0.2) is 0 Å². The van der Waals surface area contributed by atoms with Gasteiger partial charge < -0.3 is 20.4 Å². The van der Waals surface area contributed by atoms with Crippen LogP contribution in [0.15, 0.2) is 48.8 Å². The van der Waals surface area contributed by atoms with E-state index in [1.165, 1.54) is 5.56 Å². The molecule has 2 aliphatic heterocycles. The predicted octanol–water partition coefficient (Wildman–Crippen LogP) is 3.95. The summed E-state index contributed by atoms with van der Waals surface area (Å²) in [7, 11) is 4.32. The molecule has 1 amide bonds. The van der Waals surface area contributed by atoms with Crippen molar-refractivity contribution in [3.8, 4) is 11.3 Å². The third-order valence-electron chi connectivity index (χ3n) is 7.66. The van der Waals surface area contributed by atoms with Gasteiger partial charge in [0.25, 0.3) is 0 Å². The molecule has 2 saturated heterocycles. The van der Waals surface area contributed by atoms with Gasteiger partial charge >= 0.3 is 0 Å². The molecule has 0 bridgehead atoms. The molecule has 36 heavy (non-hydrogen) atoms. The molecule has 0 saturated carbocycles. The summed E-state index contributed by atoms with van der Waals surface area (Å²) in [5.41, 5.74) is 5.27. The first kappa shape index (κ1) is 24.7. The van der Waals surface area contributed by atoms with Gasteiger partial charge in [-0.2, -0.15) is 0 Å². The fraction of sp³-hybridized carbons (Fsp3) is 0.483. The van der Waals surface area contributed by atoms with Crippen LogP contribution in [-0.2, 0) is 11.2 Å². The molecule has 3 aromatic rings. The van der Waals surface area contributed by atoms with Crippen LogP contribution in [0.25, 0.3) is 22.2 Å². The van der Waals surface area contributed by atoms with E-state index in [9.17, 15) is 4.79 Å². The Hall–Kier alpha value is -3.03. The first-order valence-corrected chi connectivity index (χ1v) is 13.3. The molecule has 4 heterocycles. The lowest BCUT2D eigenvalue weighted by molar-refractivity contribution is -0.122. The maximum absolute atomic E-state index is 12.4. The summed E-state index contributed by atoms with van der Waals surface area (Å²) in [6.07, 6.45) is 9.34. The van der Waals surface area contributed by atoms with E-state index in [1.807, 2.05) is 12.3 Å². The normalized spacial score (nSPS) is 18.4. The van der Waals surface area contributed by atoms with E-state index in [0.29, 0.717) is 18.5 Å². The average molecular weight is 487 g/mol. The van der Waals surface area contributed by atoms with Crippen LogP contribution < -0.4 is 10.6 Å². The average Bonchev–Trinajstić information content (AvgIpc) is 2.90. The molecule has 5 rings (SSSR count). The van der Waals surface area contributed by atoms with Crippen molar-refractivity contribution in [3.63, 3.8) is 0 Å². The van der Waals surface area contributed by atoms with Crippen molar-refractivity contribution in [2.75, 3.05) is 45.6 Å². The van der Waals surface area contributed by atoms with Crippen molar-refractivity contribution in [1.29, 1.82) is 0 Å². The number of hydrogen-bond acceptors (Lipinski definition) is 6. The van der Waals surface area contributed by atoms with E-state index in [0.717, 1.165) is 86.1 Å². The lowest BCUT2D eigenvalue weighted by atomic mass is 10.0. The first-order chi connectivity index (χ1) is 17.5. The summed E-state index contributed by atoms with van der Waals surface area (Å²) in [4.78, 5) is 26.4. The number of aryl methyl sites for hydroxylation is 1. The summed E-state index contributed by atoms with van der Waals surface area (Å²) in [6, 6.07) is 13.4. The minimum atomic E-state index is 0.156. The van der Waals surface area contributed by atoms with Gasteiger partial charge in [-0.1, -0.05) is 24.3 Å². The van der Waals surface area contributed by atoms with Gasteiger partial charge in [0.05, 0.1) is 11.2 Å². The number of pyridine rings is 2. The Labute approximate surface area is 214 Å². The zero-order valence-electron chi connectivity index (χ0n) is 21.5. The molecule has 2 aliphatic rings. The number of piperidine rings is 2. The standard InChI is InChI=1S/C29H38N6O/c1-34-15-10-23(11-16-34)31-28-19-27(33-26-9-14-30-20-25(26)28)22-6-3-21(4-7-22)5-8-29(36)32-24-12-17-35(2)18-13-24/h3-4,6-7,9,14,19-20,23-24H,5,8,10-13,15-18H2,1-2H3,(H,31,33)(H,32,36). The molecule has 7 heteroatoms. The summed E-state index contributed by atoms with van der Waals surface area (Å²) in [5.74, 6) is 0.156. The van der Waals surface area contributed by atoms with Gasteiger partial charge in [0.2, 0.25) is 5.91 Å². The van der Waals surface area contributed by atoms with Crippen molar-refractivity contribution in [1.82, 2.24) is 25.1 Å². The largest absolute Gasteiger partial charge is 0.382 e. The Balaban J connectivity index is 1.24. The van der Waals surface area contributed by atoms with E-state index in [-0.39, 0.29) is 5.91 Å². The van der Waals surface area contributed by atoms with E-state index < -0.39 is 0 Å². The van der Waals surface area contributed by atoms with E-state index >= 15 is 0 Å². The molecule has 0 atom stereocenters. The van der Waals surface area contributed by atoms with Gasteiger partial charge in [-0.3, -0.25) is 9.78 Å². The molecule has 0 unspecified atom stereocenters. The zero-order valence-corrected chi connectivity index (χ0v) is 21.5. The molecule has 0 radical (unpaired) electrons. The molecular weight excluding hydrogens is 448 g/mol. The van der Waals surface area contributed by atoms with Crippen LogP contribution >= 0.6 is 0 Å². The van der Waals surface area contributed by atoms with E-state index in [4.69, 9.17) is 4.98 Å². The van der Waals surface area contributed by atoms with Crippen LogP contribution in [0.4, 0.5) is 5.69 Å². The molecule has 2 N–H and O–H groups in total. The number of anilines is 1. The van der Waals surface area contributed by atoms with Crippen molar-refractivity contribution < 1.29 is 4.79 Å². The van der Waals surface area contributed by atoms with Crippen LogP contribution in [0.5, 0.6) is 0 Å². The second-order valence-electron chi connectivity index (χ2n) is 10.5. The molecule has 190 valence electrons. The number of fused-ring (bicyclic) bond motifs is 1. The highest BCUT2D eigenvalue weighted by Crippen LogP contribution is 2.29. The summed E-state index contributed by atoms with van der Waals surface area (Å²) < 4.78 is 0. The quantitative estimate of drug-likeness (QED) is 0.527. The van der Waals surface area contributed by atoms with Crippen LogP contribution in [0.3, 0.4) is 0 Å². The molecular formula is C29H38N6O. The SMILES string of the molecule is CN1CCC(NC(=O)CCc2ccc(-c3cc(NC4CCN(C)CC4)c4cnccc4n3)cc2)CC1. The smallest absolute Gasteiger partial charge is 0.220 e. The van der Waals surface area contributed by atoms with Gasteiger partial charge in [0.1, 0.15) is 0 Å². The lowest BCUT2D eigenvalue weighted by Gasteiger charge is -2.30. The molecule has 0 aliphatic carbocycles. The number of carbonyl (C=O) groups excluding carboxylic acids is 1. The summed E-state index contributed by atoms with van der Waals surface area (Å²) in [5, 5.41) is 8.06. The van der Waals surface area contributed by atoms with Gasteiger partial charge in [-0.05, 0) is 90.1 Å². The Morgan fingerprint density at radius 1 is 0.944 bits per heavy atom. The van der Waals surface area contributed by atoms with Crippen molar-refractivity contribution in [2.24, 2.45) is 0 Å². The zero-order chi connectivity index (χ0) is 24.9. The van der Waals surface area contributed by atoms with Gasteiger partial charge in [0, 0.05) is 47.5 Å². The highest BCUT2D eigenvalue weighted by atomic mass is 16.1. The molecule has 1 aromatic carbocycles.